The lowest BCUT2D eigenvalue weighted by molar-refractivity contribution is -0.138. The van der Waals surface area contributed by atoms with E-state index in [9.17, 15) is 14.4 Å². The molecule has 4 heterocycles. The van der Waals surface area contributed by atoms with Crippen LogP contribution in [0.5, 0.6) is 0 Å². The van der Waals surface area contributed by atoms with Crippen LogP contribution >= 0.6 is 0 Å². The Kier molecular flexibility index (Phi) is 5.12. The summed E-state index contributed by atoms with van der Waals surface area (Å²) in [5, 5.41) is 0. The number of carbonyl (C=O) groups is 3. The number of likely N-dealkylation sites (tertiary alicyclic amines) is 2. The quantitative estimate of drug-likeness (QED) is 0.673. The Morgan fingerprint density at radius 2 is 1.66 bits per heavy atom. The van der Waals surface area contributed by atoms with E-state index < -0.39 is 0 Å². The number of hydrogen-bond acceptors (Lipinski definition) is 6. The first-order valence-corrected chi connectivity index (χ1v) is 11.5. The molecule has 170 valence electrons. The summed E-state index contributed by atoms with van der Waals surface area (Å²) in [4.78, 5) is 41.2. The van der Waals surface area contributed by atoms with Crippen molar-refractivity contribution in [3.05, 3.63) is 45.7 Å². The van der Waals surface area contributed by atoms with Crippen LogP contribution in [0, 0.1) is 12.3 Å². The van der Waals surface area contributed by atoms with Gasteiger partial charge in [0.05, 0.1) is 22.2 Å². The van der Waals surface area contributed by atoms with E-state index in [1.807, 2.05) is 6.07 Å². The molecular formula is C25H30N2O5. The van der Waals surface area contributed by atoms with E-state index in [0.29, 0.717) is 30.3 Å². The van der Waals surface area contributed by atoms with Crippen LogP contribution in [0.15, 0.2) is 23.4 Å². The predicted octanol–water partition coefficient (Wildman–Crippen LogP) is 2.74. The third-order valence-corrected chi connectivity index (χ3v) is 8.09. The van der Waals surface area contributed by atoms with Gasteiger partial charge in [0.25, 0.3) is 0 Å². The van der Waals surface area contributed by atoms with Crippen molar-refractivity contribution in [3.63, 3.8) is 0 Å². The lowest BCUT2D eigenvalue weighted by atomic mass is 9.76. The van der Waals surface area contributed by atoms with Crippen LogP contribution in [0.1, 0.15) is 60.2 Å². The van der Waals surface area contributed by atoms with Crippen LogP contribution in [-0.2, 0) is 32.1 Å². The molecule has 2 saturated heterocycles. The number of rotatable bonds is 4. The highest BCUT2D eigenvalue weighted by Crippen LogP contribution is 2.44. The van der Waals surface area contributed by atoms with Crippen LogP contribution in [0.3, 0.4) is 0 Å². The summed E-state index contributed by atoms with van der Waals surface area (Å²) in [6.45, 7) is 9.10. The van der Waals surface area contributed by atoms with E-state index >= 15 is 0 Å². The van der Waals surface area contributed by atoms with Gasteiger partial charge in [-0.25, -0.2) is 9.59 Å². The Morgan fingerprint density at radius 1 is 0.969 bits per heavy atom. The second kappa shape index (κ2) is 7.73. The molecule has 1 aromatic rings. The van der Waals surface area contributed by atoms with Gasteiger partial charge in [0.1, 0.15) is 13.2 Å². The maximum absolute atomic E-state index is 13.3. The fraction of sp³-hybridized carbons (Fsp3) is 0.560. The standard InChI is InChI=1S/C25H30N2O5/c1-15(12-18-4-5-19-20(16(18)2)13-31-23(19)29)26-9-6-25(7-10-26)8-11-27(24(25)30)21-14-32-22(28)17(21)3/h4-5,15H,6-14H2,1-3H3/t15-/m1/s1. The van der Waals surface area contributed by atoms with E-state index in [0.717, 1.165) is 55.6 Å². The van der Waals surface area contributed by atoms with Crippen molar-refractivity contribution in [1.29, 1.82) is 0 Å². The molecule has 1 amide bonds. The Labute approximate surface area is 188 Å². The predicted molar refractivity (Wildman–Crippen MR) is 117 cm³/mol. The van der Waals surface area contributed by atoms with Crippen molar-refractivity contribution in [2.75, 3.05) is 26.2 Å². The van der Waals surface area contributed by atoms with E-state index in [1.54, 1.807) is 11.8 Å². The number of amides is 1. The third kappa shape index (κ3) is 3.25. The summed E-state index contributed by atoms with van der Waals surface area (Å²) in [7, 11) is 0. The fourth-order valence-corrected chi connectivity index (χ4v) is 5.75. The van der Waals surface area contributed by atoms with Crippen LogP contribution < -0.4 is 0 Å². The molecule has 0 aliphatic carbocycles. The average molecular weight is 439 g/mol. The van der Waals surface area contributed by atoms with Gasteiger partial charge in [0.15, 0.2) is 0 Å². The smallest absolute Gasteiger partial charge is 0.338 e. The minimum absolute atomic E-state index is 0.164. The molecule has 5 rings (SSSR count). The summed E-state index contributed by atoms with van der Waals surface area (Å²) < 4.78 is 10.3. The monoisotopic (exact) mass is 438 g/mol. The Bertz CT molecular complexity index is 1040. The highest BCUT2D eigenvalue weighted by atomic mass is 16.5. The Hall–Kier alpha value is -2.67. The molecule has 2 fully saturated rings. The summed E-state index contributed by atoms with van der Waals surface area (Å²) >= 11 is 0. The van der Waals surface area contributed by atoms with Gasteiger partial charge in [-0.3, -0.25) is 4.79 Å². The fourth-order valence-electron chi connectivity index (χ4n) is 5.75. The van der Waals surface area contributed by atoms with Gasteiger partial charge in [-0.1, -0.05) is 6.07 Å². The number of cyclic esters (lactones) is 2. The van der Waals surface area contributed by atoms with Crippen LogP contribution in [0.25, 0.3) is 0 Å². The highest BCUT2D eigenvalue weighted by Gasteiger charge is 2.50. The molecule has 0 aromatic heterocycles. The molecule has 0 bridgehead atoms. The Balaban J connectivity index is 1.23. The number of hydrogen-bond donors (Lipinski definition) is 0. The lowest BCUT2D eigenvalue weighted by Gasteiger charge is -2.41. The molecule has 1 spiro atoms. The summed E-state index contributed by atoms with van der Waals surface area (Å²) in [6.07, 6.45) is 3.45. The summed E-state index contributed by atoms with van der Waals surface area (Å²) in [6, 6.07) is 4.30. The second-order valence-electron chi connectivity index (χ2n) is 9.68. The van der Waals surface area contributed by atoms with Gasteiger partial charge in [-0.05, 0) is 76.7 Å². The first-order valence-electron chi connectivity index (χ1n) is 11.5. The van der Waals surface area contributed by atoms with E-state index in [2.05, 4.69) is 24.8 Å². The zero-order chi connectivity index (χ0) is 22.6. The number of fused-ring (bicyclic) bond motifs is 1. The van der Waals surface area contributed by atoms with Crippen molar-refractivity contribution < 1.29 is 23.9 Å². The number of esters is 2. The Morgan fingerprint density at radius 3 is 2.34 bits per heavy atom. The SMILES string of the molecule is CC1=C(N2CCC3(CCN([C@H](C)Cc4ccc5c(c4C)COC5=O)CC3)C2=O)COC1=O. The van der Waals surface area contributed by atoms with Gasteiger partial charge in [0, 0.05) is 18.2 Å². The molecular weight excluding hydrogens is 408 g/mol. The number of piperidine rings is 1. The van der Waals surface area contributed by atoms with Crippen LogP contribution in [0.4, 0.5) is 0 Å². The largest absolute Gasteiger partial charge is 0.457 e. The van der Waals surface area contributed by atoms with Gasteiger partial charge >= 0.3 is 11.9 Å². The molecule has 7 heteroatoms. The third-order valence-electron chi connectivity index (χ3n) is 8.09. The van der Waals surface area contributed by atoms with Gasteiger partial charge in [-0.2, -0.15) is 0 Å². The lowest BCUT2D eigenvalue weighted by Crippen LogP contribution is -2.48. The minimum Gasteiger partial charge on any atom is -0.457 e. The highest BCUT2D eigenvalue weighted by molar-refractivity contribution is 5.94. The van der Waals surface area contributed by atoms with E-state index in [1.165, 1.54) is 5.56 Å². The van der Waals surface area contributed by atoms with Crippen LogP contribution in [-0.4, -0.2) is 59.9 Å². The normalized spacial score (nSPS) is 23.7. The van der Waals surface area contributed by atoms with E-state index in [4.69, 9.17) is 9.47 Å². The molecule has 7 nitrogen and oxygen atoms in total. The molecule has 4 aliphatic heterocycles. The average Bonchev–Trinajstić information content (AvgIpc) is 3.42. The maximum atomic E-state index is 13.3. The van der Waals surface area contributed by atoms with Gasteiger partial charge in [-0.15, -0.1) is 0 Å². The van der Waals surface area contributed by atoms with Crippen molar-refractivity contribution in [3.8, 4) is 0 Å². The zero-order valence-electron chi connectivity index (χ0n) is 19.0. The zero-order valence-corrected chi connectivity index (χ0v) is 19.0. The summed E-state index contributed by atoms with van der Waals surface area (Å²) in [5.74, 6) is -0.370. The van der Waals surface area contributed by atoms with Crippen molar-refractivity contribution in [1.82, 2.24) is 9.80 Å². The first-order chi connectivity index (χ1) is 15.3. The number of benzene rings is 1. The topological polar surface area (TPSA) is 76.2 Å². The molecule has 32 heavy (non-hydrogen) atoms. The molecule has 0 unspecified atom stereocenters. The van der Waals surface area contributed by atoms with E-state index in [-0.39, 0.29) is 29.9 Å². The number of nitrogens with zero attached hydrogens (tertiary/aromatic N) is 2. The van der Waals surface area contributed by atoms with Crippen molar-refractivity contribution in [2.24, 2.45) is 5.41 Å². The van der Waals surface area contributed by atoms with Crippen LogP contribution in [0.2, 0.25) is 0 Å². The van der Waals surface area contributed by atoms with Gasteiger partial charge in [0.2, 0.25) is 5.91 Å². The molecule has 0 saturated carbocycles. The number of ether oxygens (including phenoxy) is 2. The second-order valence-corrected chi connectivity index (χ2v) is 9.68. The van der Waals surface area contributed by atoms with Crippen molar-refractivity contribution >= 4 is 17.8 Å². The molecule has 0 N–H and O–H groups in total. The summed E-state index contributed by atoms with van der Waals surface area (Å²) in [5.41, 5.74) is 5.14. The minimum atomic E-state index is -0.310. The first kappa shape index (κ1) is 21.2. The maximum Gasteiger partial charge on any atom is 0.338 e. The molecule has 1 aromatic carbocycles. The molecule has 0 radical (unpaired) electrons. The molecule has 1 atom stereocenters. The number of carbonyl (C=O) groups excluding carboxylic acids is 3. The van der Waals surface area contributed by atoms with Crippen molar-refractivity contribution in [2.45, 2.75) is 59.1 Å². The molecule has 4 aliphatic rings. The van der Waals surface area contributed by atoms with Gasteiger partial charge < -0.3 is 19.3 Å².